The Morgan fingerprint density at radius 3 is 2.64 bits per heavy atom. The minimum atomic E-state index is -0.107. The van der Waals surface area contributed by atoms with Gasteiger partial charge >= 0.3 is 0 Å². The van der Waals surface area contributed by atoms with Crippen LogP contribution in [-0.4, -0.2) is 34.5 Å². The van der Waals surface area contributed by atoms with Gasteiger partial charge in [0.2, 0.25) is 5.91 Å². The van der Waals surface area contributed by atoms with Gasteiger partial charge in [0.15, 0.2) is 0 Å². The van der Waals surface area contributed by atoms with Gasteiger partial charge in [-0.1, -0.05) is 36.4 Å². The van der Waals surface area contributed by atoms with E-state index in [1.165, 1.54) is 0 Å². The Kier molecular flexibility index (Phi) is 6.22. The third kappa shape index (κ3) is 4.46. The first kappa shape index (κ1) is 19.4. The summed E-state index contributed by atoms with van der Waals surface area (Å²) >= 11 is 0. The minimum Gasteiger partial charge on any atom is -0.352 e. The molecule has 1 aromatic heterocycles. The molecule has 0 aliphatic carbocycles. The summed E-state index contributed by atoms with van der Waals surface area (Å²) in [4.78, 5) is 29.2. The molecule has 3 rings (SSSR count). The molecule has 0 bridgehead atoms. The molecule has 0 spiro atoms. The van der Waals surface area contributed by atoms with Crippen molar-refractivity contribution in [1.82, 2.24) is 20.2 Å². The average molecular weight is 376 g/mol. The number of hydrogen-bond donors (Lipinski definition) is 2. The fourth-order valence-corrected chi connectivity index (χ4v) is 3.09. The van der Waals surface area contributed by atoms with Crippen LogP contribution in [-0.2, 0) is 17.8 Å². The molecule has 0 saturated heterocycles. The summed E-state index contributed by atoms with van der Waals surface area (Å²) in [6, 6.07) is 15.2. The van der Waals surface area contributed by atoms with Crippen LogP contribution in [0.25, 0.3) is 11.0 Å². The van der Waals surface area contributed by atoms with Crippen LogP contribution in [0.1, 0.15) is 21.7 Å². The highest BCUT2D eigenvalue weighted by Crippen LogP contribution is 2.16. The number of aryl methyl sites for hydroxylation is 1. The van der Waals surface area contributed by atoms with Crippen LogP contribution in [0.4, 0.5) is 0 Å². The van der Waals surface area contributed by atoms with Crippen molar-refractivity contribution < 1.29 is 9.59 Å². The number of aromatic nitrogens is 2. The average Bonchev–Trinajstić information content (AvgIpc) is 3.04. The zero-order chi connectivity index (χ0) is 19.9. The number of benzene rings is 2. The second kappa shape index (κ2) is 8.99. The fraction of sp³-hybridized carbons (Fsp3) is 0.227. The van der Waals surface area contributed by atoms with Gasteiger partial charge in [0, 0.05) is 25.1 Å². The summed E-state index contributed by atoms with van der Waals surface area (Å²) in [7, 11) is 0. The summed E-state index contributed by atoms with van der Waals surface area (Å²) in [5.74, 6) is 0.553. The van der Waals surface area contributed by atoms with Crippen molar-refractivity contribution in [1.29, 1.82) is 0 Å². The number of imidazole rings is 1. The second-order valence-corrected chi connectivity index (χ2v) is 6.52. The maximum Gasteiger partial charge on any atom is 0.251 e. The molecule has 2 N–H and O–H groups in total. The van der Waals surface area contributed by atoms with Crippen LogP contribution in [0.3, 0.4) is 0 Å². The van der Waals surface area contributed by atoms with Crippen LogP contribution in [0.5, 0.6) is 0 Å². The van der Waals surface area contributed by atoms with E-state index in [4.69, 9.17) is 0 Å². The molecular formula is C22H24N4O2. The molecule has 0 aliphatic rings. The number of hydrogen-bond acceptors (Lipinski definition) is 3. The van der Waals surface area contributed by atoms with Gasteiger partial charge in [-0.25, -0.2) is 4.98 Å². The molecule has 144 valence electrons. The third-order valence-corrected chi connectivity index (χ3v) is 4.50. The number of nitrogens with one attached hydrogen (secondary N) is 2. The number of carbonyl (C=O) groups excluding carboxylic acids is 2. The molecule has 0 fully saturated rings. The van der Waals surface area contributed by atoms with E-state index < -0.39 is 0 Å². The number of carbonyl (C=O) groups is 2. The van der Waals surface area contributed by atoms with Crippen LogP contribution in [0.15, 0.2) is 61.2 Å². The van der Waals surface area contributed by atoms with Crippen molar-refractivity contribution in [2.45, 2.75) is 19.9 Å². The summed E-state index contributed by atoms with van der Waals surface area (Å²) in [5, 5.41) is 5.73. The SMILES string of the molecule is C=CCNC(=O)Cn1c(CCNC(=O)c2ccccc2C)nc2ccccc21. The van der Waals surface area contributed by atoms with Gasteiger partial charge < -0.3 is 15.2 Å². The molecule has 6 heteroatoms. The molecule has 6 nitrogen and oxygen atoms in total. The maximum atomic E-state index is 12.4. The Morgan fingerprint density at radius 2 is 1.86 bits per heavy atom. The Balaban J connectivity index is 1.72. The Labute approximate surface area is 164 Å². The highest BCUT2D eigenvalue weighted by molar-refractivity contribution is 5.95. The Hall–Kier alpha value is -3.41. The van der Waals surface area contributed by atoms with Crippen molar-refractivity contribution >= 4 is 22.8 Å². The zero-order valence-electron chi connectivity index (χ0n) is 15.9. The predicted molar refractivity (Wildman–Crippen MR) is 110 cm³/mol. The second-order valence-electron chi connectivity index (χ2n) is 6.52. The molecule has 28 heavy (non-hydrogen) atoms. The monoisotopic (exact) mass is 376 g/mol. The van der Waals surface area contributed by atoms with Gasteiger partial charge in [-0.3, -0.25) is 9.59 Å². The maximum absolute atomic E-state index is 12.4. The van der Waals surface area contributed by atoms with E-state index in [-0.39, 0.29) is 18.4 Å². The van der Waals surface area contributed by atoms with E-state index in [0.717, 1.165) is 22.4 Å². The topological polar surface area (TPSA) is 76.0 Å². The quantitative estimate of drug-likeness (QED) is 0.594. The van der Waals surface area contributed by atoms with Crippen molar-refractivity contribution in [2.24, 2.45) is 0 Å². The van der Waals surface area contributed by atoms with Gasteiger partial charge in [0.25, 0.3) is 5.91 Å². The van der Waals surface area contributed by atoms with Crippen molar-refractivity contribution in [3.05, 3.63) is 78.1 Å². The van der Waals surface area contributed by atoms with Crippen LogP contribution < -0.4 is 10.6 Å². The van der Waals surface area contributed by atoms with E-state index in [1.54, 1.807) is 6.08 Å². The normalized spacial score (nSPS) is 10.6. The molecular weight excluding hydrogens is 352 g/mol. The Morgan fingerprint density at radius 1 is 1.11 bits per heavy atom. The highest BCUT2D eigenvalue weighted by Gasteiger charge is 2.14. The zero-order valence-corrected chi connectivity index (χ0v) is 15.9. The van der Waals surface area contributed by atoms with E-state index in [0.29, 0.717) is 25.1 Å². The number of amides is 2. The summed E-state index contributed by atoms with van der Waals surface area (Å²) in [5.41, 5.74) is 3.33. The fourth-order valence-electron chi connectivity index (χ4n) is 3.09. The molecule has 0 atom stereocenters. The minimum absolute atomic E-state index is 0.103. The van der Waals surface area contributed by atoms with Gasteiger partial charge in [0.1, 0.15) is 12.4 Å². The van der Waals surface area contributed by atoms with E-state index >= 15 is 0 Å². The Bertz CT molecular complexity index is 1010. The van der Waals surface area contributed by atoms with Crippen molar-refractivity contribution in [3.63, 3.8) is 0 Å². The van der Waals surface area contributed by atoms with E-state index in [2.05, 4.69) is 22.2 Å². The summed E-state index contributed by atoms with van der Waals surface area (Å²) in [6.07, 6.45) is 2.17. The van der Waals surface area contributed by atoms with Crippen molar-refractivity contribution in [2.75, 3.05) is 13.1 Å². The van der Waals surface area contributed by atoms with Crippen LogP contribution in [0, 0.1) is 6.92 Å². The lowest BCUT2D eigenvalue weighted by atomic mass is 10.1. The first-order valence-corrected chi connectivity index (χ1v) is 9.25. The van der Waals surface area contributed by atoms with Gasteiger partial charge in [-0.15, -0.1) is 6.58 Å². The molecule has 3 aromatic rings. The molecule has 2 amide bonds. The molecule has 2 aromatic carbocycles. The van der Waals surface area contributed by atoms with E-state index in [9.17, 15) is 9.59 Å². The lowest BCUT2D eigenvalue weighted by Gasteiger charge is -2.10. The summed E-state index contributed by atoms with van der Waals surface area (Å²) < 4.78 is 1.90. The first-order chi connectivity index (χ1) is 13.6. The number of nitrogens with zero attached hydrogens (tertiary/aromatic N) is 2. The first-order valence-electron chi connectivity index (χ1n) is 9.25. The highest BCUT2D eigenvalue weighted by atomic mass is 16.2. The lowest BCUT2D eigenvalue weighted by Crippen LogP contribution is -2.30. The van der Waals surface area contributed by atoms with Crippen LogP contribution in [0.2, 0.25) is 0 Å². The van der Waals surface area contributed by atoms with Gasteiger partial charge in [0.05, 0.1) is 11.0 Å². The molecule has 0 radical (unpaired) electrons. The molecule has 0 aliphatic heterocycles. The van der Waals surface area contributed by atoms with Gasteiger partial charge in [-0.05, 0) is 30.7 Å². The molecule has 0 unspecified atom stereocenters. The largest absolute Gasteiger partial charge is 0.352 e. The number of para-hydroxylation sites is 2. The van der Waals surface area contributed by atoms with Gasteiger partial charge in [-0.2, -0.15) is 0 Å². The number of rotatable bonds is 8. The molecule has 1 heterocycles. The standard InChI is InChI=1S/C22H24N4O2/c1-3-13-23-21(27)15-26-19-11-7-6-10-18(19)25-20(26)12-14-24-22(28)17-9-5-4-8-16(17)2/h3-11H,1,12-15H2,2H3,(H,23,27)(H,24,28). The van der Waals surface area contributed by atoms with Crippen LogP contribution >= 0.6 is 0 Å². The molecule has 0 saturated carbocycles. The smallest absolute Gasteiger partial charge is 0.251 e. The third-order valence-electron chi connectivity index (χ3n) is 4.50. The predicted octanol–water partition coefficient (Wildman–Crippen LogP) is 2.62. The number of fused-ring (bicyclic) bond motifs is 1. The lowest BCUT2D eigenvalue weighted by molar-refractivity contribution is -0.121. The van der Waals surface area contributed by atoms with Crippen molar-refractivity contribution in [3.8, 4) is 0 Å². The van der Waals surface area contributed by atoms with E-state index in [1.807, 2.05) is 60.0 Å². The summed E-state index contributed by atoms with van der Waals surface area (Å²) in [6.45, 7) is 6.56.